The van der Waals surface area contributed by atoms with E-state index in [1.807, 2.05) is 43.7 Å². The number of carbonyl (C=O) groups excluding carboxylic acids is 1. The summed E-state index contributed by atoms with van der Waals surface area (Å²) in [5, 5.41) is 3.05. The summed E-state index contributed by atoms with van der Waals surface area (Å²) in [5.74, 6) is 0.999. The van der Waals surface area contributed by atoms with E-state index >= 15 is 0 Å². The van der Waals surface area contributed by atoms with Gasteiger partial charge in [-0.25, -0.2) is 4.98 Å². The number of hydrogen-bond acceptors (Lipinski definition) is 4. The highest BCUT2D eigenvalue weighted by Crippen LogP contribution is 2.13. The first-order valence-electron chi connectivity index (χ1n) is 8.20. The fraction of sp³-hybridized carbons (Fsp3) is 0.750. The number of nitrogens with zero attached hydrogens (tertiary/aromatic N) is 4. The third-order valence-corrected chi connectivity index (χ3v) is 4.47. The van der Waals surface area contributed by atoms with Crippen molar-refractivity contribution in [3.8, 4) is 0 Å². The van der Waals surface area contributed by atoms with Crippen molar-refractivity contribution in [1.82, 2.24) is 19.8 Å². The molecule has 2 rings (SSSR count). The molecule has 6 heteroatoms. The van der Waals surface area contributed by atoms with E-state index in [2.05, 4.69) is 15.2 Å². The Bertz CT molecular complexity index is 489. The predicted octanol–water partition coefficient (Wildman–Crippen LogP) is 1.37. The summed E-state index contributed by atoms with van der Waals surface area (Å²) in [5.41, 5.74) is 1.01. The molecule has 1 aromatic heterocycles. The van der Waals surface area contributed by atoms with Crippen LogP contribution in [0.5, 0.6) is 0 Å². The lowest BCUT2D eigenvalue weighted by molar-refractivity contribution is -0.126. The van der Waals surface area contributed by atoms with Gasteiger partial charge in [-0.3, -0.25) is 9.69 Å². The summed E-state index contributed by atoms with van der Waals surface area (Å²) in [6.45, 7) is 4.60. The zero-order valence-corrected chi connectivity index (χ0v) is 14.3. The van der Waals surface area contributed by atoms with Gasteiger partial charge >= 0.3 is 0 Å². The lowest BCUT2D eigenvalue weighted by Crippen LogP contribution is -2.45. The van der Waals surface area contributed by atoms with Crippen molar-refractivity contribution in [2.75, 3.05) is 32.1 Å². The maximum absolute atomic E-state index is 12.4. The summed E-state index contributed by atoms with van der Waals surface area (Å²) < 4.78 is 2.01. The molecule has 0 aromatic carbocycles. The second-order valence-corrected chi connectivity index (χ2v) is 6.35. The van der Waals surface area contributed by atoms with E-state index in [0.717, 1.165) is 24.7 Å². The van der Waals surface area contributed by atoms with Gasteiger partial charge in [-0.15, -0.1) is 0 Å². The molecule has 124 valence electrons. The van der Waals surface area contributed by atoms with E-state index in [1.165, 1.54) is 25.7 Å². The molecular weight excluding hydrogens is 278 g/mol. The first-order valence-corrected chi connectivity index (χ1v) is 8.20. The van der Waals surface area contributed by atoms with Crippen LogP contribution >= 0.6 is 0 Å². The summed E-state index contributed by atoms with van der Waals surface area (Å²) >= 11 is 0. The Labute approximate surface area is 133 Å². The van der Waals surface area contributed by atoms with Crippen LogP contribution in [0.3, 0.4) is 0 Å². The lowest BCUT2D eigenvalue weighted by atomic mass is 10.2. The molecule has 1 aliphatic rings. The molecule has 1 aromatic rings. The van der Waals surface area contributed by atoms with Gasteiger partial charge in [0.05, 0.1) is 24.5 Å². The van der Waals surface area contributed by atoms with Crippen LogP contribution in [0.2, 0.25) is 0 Å². The Kier molecular flexibility index (Phi) is 5.83. The first-order chi connectivity index (χ1) is 10.5. The minimum atomic E-state index is -0.0559. The van der Waals surface area contributed by atoms with E-state index in [9.17, 15) is 4.79 Å². The molecule has 0 aliphatic carbocycles. The number of rotatable bonds is 5. The minimum absolute atomic E-state index is 0.0559. The third-order valence-electron chi connectivity index (χ3n) is 4.47. The molecule has 1 amide bonds. The average Bonchev–Trinajstić information content (AvgIpc) is 2.70. The molecule has 6 nitrogen and oxygen atoms in total. The van der Waals surface area contributed by atoms with Crippen molar-refractivity contribution >= 4 is 11.9 Å². The zero-order chi connectivity index (χ0) is 16.1. The highest BCUT2D eigenvalue weighted by molar-refractivity contribution is 5.81. The Morgan fingerprint density at radius 1 is 1.32 bits per heavy atom. The van der Waals surface area contributed by atoms with Gasteiger partial charge < -0.3 is 14.8 Å². The molecular formula is C16H29N5O. The van der Waals surface area contributed by atoms with Crippen molar-refractivity contribution in [1.29, 1.82) is 0 Å². The van der Waals surface area contributed by atoms with Crippen LogP contribution in [0.1, 0.15) is 38.3 Å². The fourth-order valence-corrected chi connectivity index (χ4v) is 2.99. The van der Waals surface area contributed by atoms with Crippen LogP contribution < -0.4 is 10.2 Å². The number of hydrogen-bond donors (Lipinski definition) is 1. The van der Waals surface area contributed by atoms with E-state index in [0.29, 0.717) is 6.54 Å². The predicted molar refractivity (Wildman–Crippen MR) is 88.9 cm³/mol. The summed E-state index contributed by atoms with van der Waals surface area (Å²) in [4.78, 5) is 21.0. The number of amides is 1. The molecule has 0 radical (unpaired) electrons. The van der Waals surface area contributed by atoms with Crippen LogP contribution in [0, 0.1) is 0 Å². The van der Waals surface area contributed by atoms with Crippen molar-refractivity contribution in [3.63, 3.8) is 0 Å². The number of likely N-dealkylation sites (tertiary alicyclic amines) is 1. The summed E-state index contributed by atoms with van der Waals surface area (Å²) in [7, 11) is 5.90. The van der Waals surface area contributed by atoms with Crippen LogP contribution in [0.25, 0.3) is 0 Å². The van der Waals surface area contributed by atoms with Gasteiger partial charge in [-0.2, -0.15) is 0 Å². The Balaban J connectivity index is 1.89. The van der Waals surface area contributed by atoms with Crippen LogP contribution in [-0.2, 0) is 18.4 Å². The third kappa shape index (κ3) is 4.00. The number of anilines is 1. The van der Waals surface area contributed by atoms with Gasteiger partial charge in [-0.1, -0.05) is 12.8 Å². The SMILES string of the molecule is C[C@H](C(=O)NCc1cnc(N(C)C)n1C)N1CCCCCC1. The lowest BCUT2D eigenvalue weighted by Gasteiger charge is -2.26. The normalized spacial score (nSPS) is 17.8. The molecule has 1 N–H and O–H groups in total. The van der Waals surface area contributed by atoms with Crippen molar-refractivity contribution in [2.24, 2.45) is 7.05 Å². The van der Waals surface area contributed by atoms with Gasteiger partial charge in [0.25, 0.3) is 0 Å². The van der Waals surface area contributed by atoms with Crippen LogP contribution in [0.4, 0.5) is 5.95 Å². The Morgan fingerprint density at radius 2 is 1.95 bits per heavy atom. The molecule has 1 saturated heterocycles. The van der Waals surface area contributed by atoms with Crippen molar-refractivity contribution < 1.29 is 4.79 Å². The second-order valence-electron chi connectivity index (χ2n) is 6.35. The summed E-state index contributed by atoms with van der Waals surface area (Å²) in [6.07, 6.45) is 6.80. The van der Waals surface area contributed by atoms with E-state index in [-0.39, 0.29) is 11.9 Å². The maximum Gasteiger partial charge on any atom is 0.237 e. The van der Waals surface area contributed by atoms with E-state index in [4.69, 9.17) is 0 Å². The monoisotopic (exact) mass is 307 g/mol. The first kappa shape index (κ1) is 16.8. The van der Waals surface area contributed by atoms with Crippen LogP contribution in [0.15, 0.2) is 6.20 Å². The van der Waals surface area contributed by atoms with E-state index in [1.54, 1.807) is 0 Å². The molecule has 0 unspecified atom stereocenters. The average molecular weight is 307 g/mol. The molecule has 1 aliphatic heterocycles. The maximum atomic E-state index is 12.4. The second kappa shape index (κ2) is 7.63. The Hall–Kier alpha value is -1.56. The van der Waals surface area contributed by atoms with Gasteiger partial charge in [0.1, 0.15) is 0 Å². The molecule has 1 fully saturated rings. The largest absolute Gasteiger partial charge is 0.349 e. The van der Waals surface area contributed by atoms with Gasteiger partial charge in [-0.05, 0) is 32.9 Å². The zero-order valence-electron chi connectivity index (χ0n) is 14.3. The highest BCUT2D eigenvalue weighted by Gasteiger charge is 2.22. The van der Waals surface area contributed by atoms with Crippen molar-refractivity contribution in [2.45, 2.75) is 45.2 Å². The topological polar surface area (TPSA) is 53.4 Å². The molecule has 0 saturated carbocycles. The quantitative estimate of drug-likeness (QED) is 0.892. The molecule has 0 bridgehead atoms. The number of aromatic nitrogens is 2. The van der Waals surface area contributed by atoms with Gasteiger partial charge in [0.15, 0.2) is 0 Å². The number of nitrogens with one attached hydrogen (secondary N) is 1. The standard InChI is InChI=1S/C16H29N5O/c1-13(21-9-7-5-6-8-10-21)15(22)17-11-14-12-18-16(19(2)3)20(14)4/h12-13H,5-11H2,1-4H3,(H,17,22)/t13-/m1/s1. The van der Waals surface area contributed by atoms with Gasteiger partial charge in [0.2, 0.25) is 11.9 Å². The smallest absolute Gasteiger partial charge is 0.237 e. The molecule has 2 heterocycles. The molecule has 0 spiro atoms. The summed E-state index contributed by atoms with van der Waals surface area (Å²) in [6, 6.07) is -0.0559. The minimum Gasteiger partial charge on any atom is -0.349 e. The van der Waals surface area contributed by atoms with Crippen molar-refractivity contribution in [3.05, 3.63) is 11.9 Å². The van der Waals surface area contributed by atoms with E-state index < -0.39 is 0 Å². The molecule has 1 atom stereocenters. The molecule has 22 heavy (non-hydrogen) atoms. The highest BCUT2D eigenvalue weighted by atomic mass is 16.2. The van der Waals surface area contributed by atoms with Gasteiger partial charge in [0, 0.05) is 21.1 Å². The number of carbonyl (C=O) groups is 1. The fourth-order valence-electron chi connectivity index (χ4n) is 2.99. The Morgan fingerprint density at radius 3 is 2.50 bits per heavy atom. The van der Waals surface area contributed by atoms with Crippen LogP contribution in [-0.4, -0.2) is 53.6 Å². The number of imidazole rings is 1.